The lowest BCUT2D eigenvalue weighted by molar-refractivity contribution is -0.119. The van der Waals surface area contributed by atoms with Gasteiger partial charge in [-0.1, -0.05) is 15.9 Å². The molecule has 0 aliphatic rings. The third kappa shape index (κ3) is 4.59. The van der Waals surface area contributed by atoms with Gasteiger partial charge in [-0.15, -0.1) is 17.0 Å². The molecule has 0 unspecified atom stereocenters. The number of carbonyl (C=O) groups excluding carboxylic acids is 1. The molecule has 4 heteroatoms. The van der Waals surface area contributed by atoms with Crippen LogP contribution in [0.15, 0.2) is 0 Å². The molecule has 2 N–H and O–H groups in total. The highest BCUT2D eigenvalue weighted by atomic mass is 79.9. The molecule has 8 heavy (non-hydrogen) atoms. The van der Waals surface area contributed by atoms with Gasteiger partial charge in [-0.3, -0.25) is 4.79 Å². The molecule has 0 aliphatic heterocycles. The maximum absolute atomic E-state index is 10.2. The van der Waals surface area contributed by atoms with Gasteiger partial charge >= 0.3 is 0 Å². The van der Waals surface area contributed by atoms with Gasteiger partial charge in [0, 0.05) is 0 Å². The van der Waals surface area contributed by atoms with Gasteiger partial charge in [0.05, 0.1) is 4.32 Å². The van der Waals surface area contributed by atoms with Crippen molar-refractivity contribution >= 4 is 38.8 Å². The number of nitrogens with two attached hydrogens (primary N) is 1. The lowest BCUT2D eigenvalue weighted by atomic mass is 10.2. The van der Waals surface area contributed by atoms with Crippen molar-refractivity contribution in [1.82, 2.24) is 0 Å². The van der Waals surface area contributed by atoms with Gasteiger partial charge in [-0.2, -0.15) is 0 Å². The summed E-state index contributed by atoms with van der Waals surface area (Å²) in [7, 11) is 0. The Morgan fingerprint density at radius 3 is 1.75 bits per heavy atom. The van der Waals surface area contributed by atoms with E-state index in [1.807, 2.05) is 0 Å². The summed E-state index contributed by atoms with van der Waals surface area (Å²) in [4.78, 5) is 10.2. The molecule has 0 fully saturated rings. The van der Waals surface area contributed by atoms with E-state index in [2.05, 4.69) is 15.9 Å². The van der Waals surface area contributed by atoms with Crippen molar-refractivity contribution in [2.75, 3.05) is 0 Å². The largest absolute Gasteiger partial charge is 0.368 e. The zero-order valence-corrected chi connectivity index (χ0v) is 8.07. The molecule has 0 aromatic carbocycles. The van der Waals surface area contributed by atoms with Gasteiger partial charge < -0.3 is 5.73 Å². The first-order chi connectivity index (χ1) is 2.94. The normalized spacial score (nSPS) is 9.88. The zero-order valence-electron chi connectivity index (χ0n) is 4.77. The van der Waals surface area contributed by atoms with E-state index in [0.29, 0.717) is 0 Å². The van der Waals surface area contributed by atoms with Crippen LogP contribution in [-0.2, 0) is 4.79 Å². The third-order valence-corrected chi connectivity index (χ3v) is 0.977. The average molecular weight is 247 g/mol. The fourth-order valence-corrected chi connectivity index (χ4v) is 0. The number of alkyl halides is 1. The predicted octanol–water partition coefficient (Wildman–Crippen LogP) is 1.22. The van der Waals surface area contributed by atoms with Gasteiger partial charge in [-0.25, -0.2) is 0 Å². The van der Waals surface area contributed by atoms with Crippen LogP contribution in [-0.4, -0.2) is 10.2 Å². The number of carbonyl (C=O) groups is 1. The second-order valence-electron chi connectivity index (χ2n) is 1.84. The summed E-state index contributed by atoms with van der Waals surface area (Å²) in [6, 6.07) is 0. The van der Waals surface area contributed by atoms with E-state index in [9.17, 15) is 4.79 Å². The van der Waals surface area contributed by atoms with Crippen molar-refractivity contribution in [3.8, 4) is 0 Å². The van der Waals surface area contributed by atoms with Crippen LogP contribution >= 0.6 is 32.9 Å². The molecule has 50 valence electrons. The van der Waals surface area contributed by atoms with Gasteiger partial charge in [-0.05, 0) is 13.8 Å². The minimum atomic E-state index is -0.549. The Morgan fingerprint density at radius 2 is 1.75 bits per heavy atom. The van der Waals surface area contributed by atoms with Crippen LogP contribution < -0.4 is 5.73 Å². The van der Waals surface area contributed by atoms with Crippen molar-refractivity contribution in [1.29, 1.82) is 0 Å². The van der Waals surface area contributed by atoms with E-state index in [1.165, 1.54) is 0 Å². The number of rotatable bonds is 1. The van der Waals surface area contributed by atoms with E-state index < -0.39 is 4.32 Å². The summed E-state index contributed by atoms with van der Waals surface area (Å²) in [6.45, 7) is 3.41. The second-order valence-corrected chi connectivity index (χ2v) is 3.82. The molecule has 0 aromatic heterocycles. The predicted molar refractivity (Wildman–Crippen MR) is 42.5 cm³/mol. The first kappa shape index (κ1) is 11.3. The first-order valence-corrected chi connectivity index (χ1v) is 2.72. The molecule has 0 saturated carbocycles. The fraction of sp³-hybridized carbons (Fsp3) is 0.750. The molecule has 2 nitrogen and oxygen atoms in total. The Labute approximate surface area is 67.7 Å². The molecule has 0 rings (SSSR count). The Bertz CT molecular complexity index is 86.5. The van der Waals surface area contributed by atoms with E-state index in [0.717, 1.165) is 0 Å². The number of hydrogen-bond acceptors (Lipinski definition) is 1. The molecule has 0 saturated heterocycles. The van der Waals surface area contributed by atoms with Crippen molar-refractivity contribution in [2.24, 2.45) is 5.73 Å². The Balaban J connectivity index is 0. The smallest absolute Gasteiger partial charge is 0.233 e. The SMILES string of the molecule is Br.CC(C)(Br)C(N)=O. The highest BCUT2D eigenvalue weighted by Crippen LogP contribution is 2.13. The van der Waals surface area contributed by atoms with E-state index in [1.54, 1.807) is 13.8 Å². The maximum Gasteiger partial charge on any atom is 0.233 e. The molecule has 0 aromatic rings. The lowest BCUT2D eigenvalue weighted by Gasteiger charge is -2.07. The highest BCUT2D eigenvalue weighted by molar-refractivity contribution is 9.10. The van der Waals surface area contributed by atoms with Crippen LogP contribution in [0, 0.1) is 0 Å². The number of halogens is 2. The molecule has 1 amide bonds. The standard InChI is InChI=1S/C4H8BrNO.BrH/c1-4(2,5)3(6)7;/h1-2H3,(H2,6,7);1H. The molecule has 0 radical (unpaired) electrons. The van der Waals surface area contributed by atoms with Crippen LogP contribution in [0.5, 0.6) is 0 Å². The molecule has 0 spiro atoms. The van der Waals surface area contributed by atoms with Gasteiger partial charge in [0.15, 0.2) is 0 Å². The molecular weight excluding hydrogens is 238 g/mol. The summed E-state index contributed by atoms with van der Waals surface area (Å²) in [5.74, 6) is -0.340. The topological polar surface area (TPSA) is 43.1 Å². The van der Waals surface area contributed by atoms with Crippen molar-refractivity contribution < 1.29 is 4.79 Å². The van der Waals surface area contributed by atoms with E-state index in [-0.39, 0.29) is 22.9 Å². The average Bonchev–Trinajstić information content (AvgIpc) is 1.31. The third-order valence-electron chi connectivity index (χ3n) is 0.586. The number of amides is 1. The monoisotopic (exact) mass is 245 g/mol. The Hall–Kier alpha value is 0.430. The summed E-state index contributed by atoms with van der Waals surface area (Å²) < 4.78 is -0.549. The highest BCUT2D eigenvalue weighted by Gasteiger charge is 2.18. The van der Waals surface area contributed by atoms with Crippen LogP contribution in [0.3, 0.4) is 0 Å². The van der Waals surface area contributed by atoms with E-state index >= 15 is 0 Å². The second kappa shape index (κ2) is 3.45. The summed E-state index contributed by atoms with van der Waals surface area (Å²) in [5.41, 5.74) is 4.88. The van der Waals surface area contributed by atoms with Gasteiger partial charge in [0.1, 0.15) is 0 Å². The Kier molecular flexibility index (Phi) is 4.86. The van der Waals surface area contributed by atoms with Crippen molar-refractivity contribution in [3.63, 3.8) is 0 Å². The van der Waals surface area contributed by atoms with Crippen molar-refractivity contribution in [2.45, 2.75) is 18.2 Å². The molecular formula is C4H9Br2NO. The van der Waals surface area contributed by atoms with Gasteiger partial charge in [0.25, 0.3) is 0 Å². The molecule has 0 atom stereocenters. The number of hydrogen-bond donors (Lipinski definition) is 1. The molecule has 0 aliphatic carbocycles. The summed E-state index contributed by atoms with van der Waals surface area (Å²) in [5, 5.41) is 0. The lowest BCUT2D eigenvalue weighted by Crippen LogP contribution is -2.31. The van der Waals surface area contributed by atoms with Crippen LogP contribution in [0.2, 0.25) is 0 Å². The molecule has 0 bridgehead atoms. The zero-order chi connectivity index (χ0) is 6.08. The van der Waals surface area contributed by atoms with Crippen LogP contribution in [0.4, 0.5) is 0 Å². The minimum Gasteiger partial charge on any atom is -0.368 e. The van der Waals surface area contributed by atoms with Crippen molar-refractivity contribution in [3.05, 3.63) is 0 Å². The Morgan fingerprint density at radius 1 is 1.62 bits per heavy atom. The fourth-order valence-electron chi connectivity index (χ4n) is 0. The van der Waals surface area contributed by atoms with E-state index in [4.69, 9.17) is 5.73 Å². The first-order valence-electron chi connectivity index (χ1n) is 1.93. The summed E-state index contributed by atoms with van der Waals surface area (Å²) >= 11 is 3.07. The minimum absolute atomic E-state index is 0. The van der Waals surface area contributed by atoms with Crippen LogP contribution in [0.1, 0.15) is 13.8 Å². The quantitative estimate of drug-likeness (QED) is 0.695. The van der Waals surface area contributed by atoms with Crippen LogP contribution in [0.25, 0.3) is 0 Å². The molecule has 0 heterocycles. The summed E-state index contributed by atoms with van der Waals surface area (Å²) in [6.07, 6.45) is 0. The van der Waals surface area contributed by atoms with Gasteiger partial charge in [0.2, 0.25) is 5.91 Å². The number of primary amides is 1. The maximum atomic E-state index is 10.2.